The normalized spacial score (nSPS) is 18.3. The highest BCUT2D eigenvalue weighted by Crippen LogP contribution is 2.41. The minimum absolute atomic E-state index is 0.0960. The van der Waals surface area contributed by atoms with Crippen LogP contribution in [0.4, 0.5) is 4.39 Å². The van der Waals surface area contributed by atoms with E-state index in [0.29, 0.717) is 5.56 Å². The maximum Gasteiger partial charge on any atom is 0.295 e. The molecule has 3 rings (SSSR count). The maximum atomic E-state index is 13.2. The van der Waals surface area contributed by atoms with Crippen LogP contribution in [-0.2, 0) is 14.3 Å². The van der Waals surface area contributed by atoms with E-state index in [4.69, 9.17) is 9.47 Å². The van der Waals surface area contributed by atoms with Crippen LogP contribution in [0.3, 0.4) is 0 Å². The number of phenolic OH excluding ortho intramolecular Hbond substituents is 1. The van der Waals surface area contributed by atoms with Gasteiger partial charge in [-0.3, -0.25) is 9.59 Å². The number of aliphatic hydroxyl groups excluding tert-OH is 1. The largest absolute Gasteiger partial charge is 0.507 e. The van der Waals surface area contributed by atoms with Gasteiger partial charge in [0.15, 0.2) is 11.5 Å². The zero-order valence-electron chi connectivity index (χ0n) is 15.9. The predicted molar refractivity (Wildman–Crippen MR) is 102 cm³/mol. The average Bonchev–Trinajstić information content (AvgIpc) is 2.96. The lowest BCUT2D eigenvalue weighted by atomic mass is 9.95. The van der Waals surface area contributed by atoms with Crippen LogP contribution in [0.5, 0.6) is 11.5 Å². The van der Waals surface area contributed by atoms with E-state index in [0.717, 1.165) is 12.1 Å². The third-order valence-electron chi connectivity index (χ3n) is 4.71. The Morgan fingerprint density at radius 2 is 1.83 bits per heavy atom. The number of benzene rings is 2. The molecular formula is C21H20FNO6. The fourth-order valence-corrected chi connectivity index (χ4v) is 3.29. The van der Waals surface area contributed by atoms with Crippen LogP contribution < -0.4 is 4.74 Å². The molecule has 1 saturated heterocycles. The minimum atomic E-state index is -0.952. The Hall–Kier alpha value is -3.39. The van der Waals surface area contributed by atoms with Gasteiger partial charge in [-0.1, -0.05) is 6.07 Å². The van der Waals surface area contributed by atoms with Crippen molar-refractivity contribution in [3.63, 3.8) is 0 Å². The van der Waals surface area contributed by atoms with E-state index in [1.54, 1.807) is 6.07 Å². The summed E-state index contributed by atoms with van der Waals surface area (Å²) in [4.78, 5) is 26.6. The molecule has 1 heterocycles. The van der Waals surface area contributed by atoms with Crippen molar-refractivity contribution >= 4 is 17.4 Å². The second kappa shape index (κ2) is 8.32. The molecule has 2 aromatic carbocycles. The van der Waals surface area contributed by atoms with E-state index in [2.05, 4.69) is 0 Å². The summed E-state index contributed by atoms with van der Waals surface area (Å²) in [6.07, 6.45) is 0. The molecule has 2 aromatic rings. The number of aliphatic hydroxyl groups is 1. The predicted octanol–water partition coefficient (Wildman–Crippen LogP) is 2.61. The van der Waals surface area contributed by atoms with E-state index in [1.807, 2.05) is 0 Å². The van der Waals surface area contributed by atoms with Crippen LogP contribution in [0.1, 0.15) is 17.2 Å². The van der Waals surface area contributed by atoms with Gasteiger partial charge in [0.1, 0.15) is 11.6 Å². The van der Waals surface area contributed by atoms with Crippen molar-refractivity contribution in [2.75, 3.05) is 27.4 Å². The quantitative estimate of drug-likeness (QED) is 0.439. The standard InChI is InChI=1S/C21H20FNO6/c1-28-10-9-23-18(13-5-8-16(29-2)15(24)11-13)17(20(26)21(23)27)19(25)12-3-6-14(22)7-4-12/h3-8,11,18,24-25H,9-10H2,1-2H3/b19-17-. The zero-order chi connectivity index (χ0) is 21.1. The Labute approximate surface area is 166 Å². The first kappa shape index (κ1) is 20.3. The fraction of sp³-hybridized carbons (Fsp3) is 0.238. The molecule has 0 bridgehead atoms. The number of ketones is 1. The Balaban J connectivity index is 2.17. The van der Waals surface area contributed by atoms with Gasteiger partial charge in [-0.25, -0.2) is 4.39 Å². The second-order valence-electron chi connectivity index (χ2n) is 6.42. The van der Waals surface area contributed by atoms with Crippen LogP contribution in [-0.4, -0.2) is 54.2 Å². The van der Waals surface area contributed by atoms with Crippen molar-refractivity contribution < 1.29 is 33.7 Å². The number of hydrogen-bond acceptors (Lipinski definition) is 6. The van der Waals surface area contributed by atoms with Gasteiger partial charge in [0.05, 0.1) is 25.3 Å². The van der Waals surface area contributed by atoms with Crippen molar-refractivity contribution in [1.82, 2.24) is 4.90 Å². The van der Waals surface area contributed by atoms with E-state index < -0.39 is 29.3 Å². The molecule has 0 radical (unpaired) electrons. The lowest BCUT2D eigenvalue weighted by Gasteiger charge is -2.25. The molecule has 0 aliphatic carbocycles. The number of amides is 1. The van der Waals surface area contributed by atoms with Crippen LogP contribution in [0.15, 0.2) is 48.0 Å². The first-order valence-electron chi connectivity index (χ1n) is 8.79. The molecule has 152 valence electrons. The summed E-state index contributed by atoms with van der Waals surface area (Å²) < 4.78 is 23.3. The number of rotatable bonds is 6. The van der Waals surface area contributed by atoms with Crippen molar-refractivity contribution in [1.29, 1.82) is 0 Å². The average molecular weight is 401 g/mol. The van der Waals surface area contributed by atoms with Gasteiger partial charge in [-0.05, 0) is 42.0 Å². The van der Waals surface area contributed by atoms with Crippen LogP contribution >= 0.6 is 0 Å². The van der Waals surface area contributed by atoms with Gasteiger partial charge in [0, 0.05) is 19.2 Å². The third kappa shape index (κ3) is 3.79. The highest BCUT2D eigenvalue weighted by atomic mass is 19.1. The number of hydrogen-bond donors (Lipinski definition) is 2. The molecular weight excluding hydrogens is 381 g/mol. The van der Waals surface area contributed by atoms with Crippen molar-refractivity contribution in [2.45, 2.75) is 6.04 Å². The summed E-state index contributed by atoms with van der Waals surface area (Å²) in [7, 11) is 2.86. The molecule has 2 N–H and O–H groups in total. The fourth-order valence-electron chi connectivity index (χ4n) is 3.29. The van der Waals surface area contributed by atoms with E-state index in [9.17, 15) is 24.2 Å². The third-order valence-corrected chi connectivity index (χ3v) is 4.71. The molecule has 1 amide bonds. The summed E-state index contributed by atoms with van der Waals surface area (Å²) >= 11 is 0. The molecule has 0 saturated carbocycles. The lowest BCUT2D eigenvalue weighted by molar-refractivity contribution is -0.140. The number of aromatic hydroxyl groups is 1. The zero-order valence-corrected chi connectivity index (χ0v) is 15.9. The van der Waals surface area contributed by atoms with Crippen LogP contribution in [0.2, 0.25) is 0 Å². The number of likely N-dealkylation sites (tertiary alicyclic amines) is 1. The molecule has 1 fully saturated rings. The van der Waals surface area contributed by atoms with Crippen molar-refractivity contribution in [3.05, 3.63) is 65.0 Å². The number of nitrogens with zero attached hydrogens (tertiary/aromatic N) is 1. The number of carbonyl (C=O) groups is 2. The Bertz CT molecular complexity index is 970. The number of phenols is 1. The number of Topliss-reactive ketones (excluding diaryl/α,β-unsaturated/α-hetero) is 1. The molecule has 0 spiro atoms. The highest BCUT2D eigenvalue weighted by molar-refractivity contribution is 6.46. The van der Waals surface area contributed by atoms with Gasteiger partial charge in [0.2, 0.25) is 0 Å². The number of halogens is 1. The maximum absolute atomic E-state index is 13.2. The molecule has 8 heteroatoms. The lowest BCUT2D eigenvalue weighted by Crippen LogP contribution is -2.32. The van der Waals surface area contributed by atoms with Crippen molar-refractivity contribution in [3.8, 4) is 11.5 Å². The Morgan fingerprint density at radius 3 is 2.41 bits per heavy atom. The van der Waals surface area contributed by atoms with Gasteiger partial charge >= 0.3 is 0 Å². The Kier molecular flexibility index (Phi) is 5.84. The summed E-state index contributed by atoms with van der Waals surface area (Å²) in [6.45, 7) is 0.265. The van der Waals surface area contributed by atoms with E-state index in [-0.39, 0.29) is 35.8 Å². The molecule has 29 heavy (non-hydrogen) atoms. The molecule has 1 aliphatic heterocycles. The molecule has 1 atom stereocenters. The van der Waals surface area contributed by atoms with Gasteiger partial charge in [0.25, 0.3) is 11.7 Å². The summed E-state index contributed by atoms with van der Waals surface area (Å²) in [5, 5.41) is 20.9. The SMILES string of the molecule is COCCN1C(=O)C(=O)/C(=C(\O)c2ccc(F)cc2)C1c1ccc(OC)c(O)c1. The Morgan fingerprint density at radius 1 is 1.14 bits per heavy atom. The number of ether oxygens (including phenoxy) is 2. The first-order valence-corrected chi connectivity index (χ1v) is 8.79. The molecule has 0 aromatic heterocycles. The van der Waals surface area contributed by atoms with Crippen LogP contribution in [0, 0.1) is 5.82 Å². The number of carbonyl (C=O) groups excluding carboxylic acids is 2. The molecule has 1 aliphatic rings. The second-order valence-corrected chi connectivity index (χ2v) is 6.42. The van der Waals surface area contributed by atoms with Crippen LogP contribution in [0.25, 0.3) is 5.76 Å². The van der Waals surface area contributed by atoms with Gasteiger partial charge in [-0.2, -0.15) is 0 Å². The van der Waals surface area contributed by atoms with E-state index in [1.165, 1.54) is 43.4 Å². The molecule has 7 nitrogen and oxygen atoms in total. The van der Waals surface area contributed by atoms with Gasteiger partial charge in [-0.15, -0.1) is 0 Å². The van der Waals surface area contributed by atoms with E-state index >= 15 is 0 Å². The summed E-state index contributed by atoms with van der Waals surface area (Å²) in [6, 6.07) is 8.42. The monoisotopic (exact) mass is 401 g/mol. The van der Waals surface area contributed by atoms with Crippen molar-refractivity contribution in [2.24, 2.45) is 0 Å². The number of methoxy groups -OCH3 is 2. The summed E-state index contributed by atoms with van der Waals surface area (Å²) in [5.74, 6) is -2.55. The topological polar surface area (TPSA) is 96.3 Å². The minimum Gasteiger partial charge on any atom is -0.507 e. The molecule has 1 unspecified atom stereocenters. The summed E-state index contributed by atoms with van der Waals surface area (Å²) in [5.41, 5.74) is 0.448. The van der Waals surface area contributed by atoms with Gasteiger partial charge < -0.3 is 24.6 Å². The first-order chi connectivity index (χ1) is 13.9. The highest BCUT2D eigenvalue weighted by Gasteiger charge is 2.46. The smallest absolute Gasteiger partial charge is 0.295 e.